The molecule has 0 unspecified atom stereocenters. The minimum Gasteiger partial charge on any atom is -0.443 e. The number of amides is 1. The Morgan fingerprint density at radius 1 is 1.33 bits per heavy atom. The zero-order valence-electron chi connectivity index (χ0n) is 13.9. The molecule has 8 nitrogen and oxygen atoms in total. The maximum absolute atomic E-state index is 14.1. The third-order valence-corrected chi connectivity index (χ3v) is 3.37. The molecule has 1 heterocycles. The highest BCUT2D eigenvalue weighted by atomic mass is 19.1. The molecule has 1 aromatic rings. The summed E-state index contributed by atoms with van der Waals surface area (Å²) in [6.07, 6.45) is -0.492. The molecular weight excluding hydrogens is 319 g/mol. The Kier molecular flexibility index (Phi) is 5.23. The summed E-state index contributed by atoms with van der Waals surface area (Å²) in [6, 6.07) is 3.55. The number of rotatable bonds is 2. The van der Waals surface area contributed by atoms with Crippen LogP contribution in [0.15, 0.2) is 18.2 Å². The van der Waals surface area contributed by atoms with E-state index in [0.29, 0.717) is 26.2 Å². The number of nitrogens with one attached hydrogen (secondary N) is 1. The van der Waals surface area contributed by atoms with Crippen molar-refractivity contribution in [2.24, 2.45) is 0 Å². The van der Waals surface area contributed by atoms with Crippen LogP contribution in [0.3, 0.4) is 0 Å². The lowest BCUT2D eigenvalue weighted by Crippen LogP contribution is -2.46. The monoisotopic (exact) mass is 340 g/mol. The van der Waals surface area contributed by atoms with Gasteiger partial charge in [0.15, 0.2) is 5.82 Å². The number of hydrogen-bond donors (Lipinski definition) is 1. The molecule has 0 saturated carbocycles. The van der Waals surface area contributed by atoms with Crippen LogP contribution in [0, 0.1) is 15.9 Å². The minimum atomic E-state index is -0.657. The largest absolute Gasteiger partial charge is 0.443 e. The van der Waals surface area contributed by atoms with Crippen molar-refractivity contribution in [3.63, 3.8) is 0 Å². The molecule has 0 bridgehead atoms. The van der Waals surface area contributed by atoms with Gasteiger partial charge in [-0.3, -0.25) is 10.1 Å². The van der Waals surface area contributed by atoms with Gasteiger partial charge in [0, 0.05) is 25.7 Å². The summed E-state index contributed by atoms with van der Waals surface area (Å²) in [7, 11) is 0. The van der Waals surface area contributed by atoms with Crippen LogP contribution in [0.1, 0.15) is 20.8 Å². The van der Waals surface area contributed by atoms with E-state index in [9.17, 15) is 19.3 Å². The summed E-state index contributed by atoms with van der Waals surface area (Å²) in [4.78, 5) is 23.8. The first kappa shape index (κ1) is 17.9. The summed E-state index contributed by atoms with van der Waals surface area (Å²) in [6.45, 7) is 6.87. The molecule has 1 aliphatic rings. The Balaban J connectivity index is 2.05. The summed E-state index contributed by atoms with van der Waals surface area (Å²) in [5, 5.41) is 12.0. The predicted molar refractivity (Wildman–Crippen MR) is 86.2 cm³/mol. The molecule has 132 valence electrons. The van der Waals surface area contributed by atoms with Crippen LogP contribution < -0.4 is 10.3 Å². The van der Waals surface area contributed by atoms with Gasteiger partial charge in [0.05, 0.1) is 23.2 Å². The molecule has 0 radical (unpaired) electrons. The number of hydrogen-bond acceptors (Lipinski definition) is 6. The highest BCUT2D eigenvalue weighted by Gasteiger charge is 2.25. The second kappa shape index (κ2) is 7.00. The number of ether oxygens (including phenoxy) is 1. The second-order valence-corrected chi connectivity index (χ2v) is 6.42. The molecule has 1 aliphatic heterocycles. The van der Waals surface area contributed by atoms with Gasteiger partial charge in [0.2, 0.25) is 0 Å². The first-order valence-corrected chi connectivity index (χ1v) is 7.60. The van der Waals surface area contributed by atoms with E-state index in [1.165, 1.54) is 17.1 Å². The van der Waals surface area contributed by atoms with E-state index in [1.54, 1.807) is 25.7 Å². The first-order chi connectivity index (χ1) is 11.2. The molecule has 2 rings (SSSR count). The second-order valence-electron chi connectivity index (χ2n) is 6.42. The van der Waals surface area contributed by atoms with E-state index in [2.05, 4.69) is 5.43 Å². The topological polar surface area (TPSA) is 88.0 Å². The van der Waals surface area contributed by atoms with Crippen molar-refractivity contribution in [1.29, 1.82) is 0 Å². The summed E-state index contributed by atoms with van der Waals surface area (Å²) in [5.74, 6) is -0.657. The third-order valence-electron chi connectivity index (χ3n) is 3.37. The van der Waals surface area contributed by atoms with E-state index < -0.39 is 22.4 Å². The van der Waals surface area contributed by atoms with Crippen LogP contribution in [-0.4, -0.2) is 47.8 Å². The molecule has 0 spiro atoms. The highest BCUT2D eigenvalue weighted by molar-refractivity contribution is 5.67. The van der Waals surface area contributed by atoms with Crippen molar-refractivity contribution in [2.45, 2.75) is 26.4 Å². The zero-order chi connectivity index (χ0) is 17.9. The number of benzene rings is 1. The van der Waals surface area contributed by atoms with E-state index in [4.69, 9.17) is 4.74 Å². The van der Waals surface area contributed by atoms with Gasteiger partial charge in [-0.1, -0.05) is 0 Å². The van der Waals surface area contributed by atoms with Gasteiger partial charge in [-0.2, -0.15) is 0 Å². The van der Waals surface area contributed by atoms with Crippen molar-refractivity contribution in [2.75, 3.05) is 31.1 Å². The Morgan fingerprint density at radius 2 is 2.04 bits per heavy atom. The fourth-order valence-corrected chi connectivity index (χ4v) is 2.31. The number of anilines is 1. The molecule has 1 aromatic carbocycles. The SMILES string of the molecule is CC(C)(C)OC(=O)N1CCN(c2ccc([N+](=O)[O-])cc2F)CCN1. The quantitative estimate of drug-likeness (QED) is 0.656. The predicted octanol–water partition coefficient (Wildman–Crippen LogP) is 2.30. The number of nitro benzene ring substituents is 1. The molecule has 0 aromatic heterocycles. The number of nitro groups is 1. The van der Waals surface area contributed by atoms with E-state index in [1.807, 2.05) is 0 Å². The standard InChI is InChI=1S/C15H21FN4O4/c1-15(2,3)24-14(21)19-9-8-18(7-6-17-19)13-5-4-11(20(22)23)10-12(13)16/h4-5,10,17H,6-9H2,1-3H3. The number of carbonyl (C=O) groups excluding carboxylic acids is 1. The number of hydrazine groups is 1. The van der Waals surface area contributed by atoms with Crippen molar-refractivity contribution in [1.82, 2.24) is 10.4 Å². The Labute approximate surface area is 139 Å². The maximum atomic E-state index is 14.1. The fourth-order valence-electron chi connectivity index (χ4n) is 2.31. The van der Waals surface area contributed by atoms with Gasteiger partial charge < -0.3 is 9.64 Å². The van der Waals surface area contributed by atoms with E-state index >= 15 is 0 Å². The van der Waals surface area contributed by atoms with Crippen LogP contribution in [0.2, 0.25) is 0 Å². The molecule has 24 heavy (non-hydrogen) atoms. The van der Waals surface area contributed by atoms with Crippen LogP contribution in [0.4, 0.5) is 20.6 Å². The third kappa shape index (κ3) is 4.54. The van der Waals surface area contributed by atoms with Gasteiger partial charge >= 0.3 is 6.09 Å². The van der Waals surface area contributed by atoms with Gasteiger partial charge in [0.25, 0.3) is 5.69 Å². The Morgan fingerprint density at radius 3 is 2.62 bits per heavy atom. The van der Waals surface area contributed by atoms with Crippen LogP contribution in [-0.2, 0) is 4.74 Å². The molecule has 1 amide bonds. The maximum Gasteiger partial charge on any atom is 0.424 e. The number of halogens is 1. The molecular formula is C15H21FN4O4. The van der Waals surface area contributed by atoms with Crippen molar-refractivity contribution in [3.05, 3.63) is 34.1 Å². The summed E-state index contributed by atoms with van der Waals surface area (Å²) >= 11 is 0. The van der Waals surface area contributed by atoms with Gasteiger partial charge in [-0.15, -0.1) is 0 Å². The number of non-ortho nitro benzene ring substituents is 1. The lowest BCUT2D eigenvalue weighted by Gasteiger charge is -2.26. The van der Waals surface area contributed by atoms with Crippen molar-refractivity contribution >= 4 is 17.5 Å². The Bertz CT molecular complexity index is 632. The van der Waals surface area contributed by atoms with E-state index in [0.717, 1.165) is 6.07 Å². The minimum absolute atomic E-state index is 0.272. The first-order valence-electron chi connectivity index (χ1n) is 7.60. The molecule has 9 heteroatoms. The molecule has 1 N–H and O–H groups in total. The van der Waals surface area contributed by atoms with Gasteiger partial charge in [-0.25, -0.2) is 19.6 Å². The zero-order valence-corrected chi connectivity index (χ0v) is 13.9. The van der Waals surface area contributed by atoms with Crippen LogP contribution >= 0.6 is 0 Å². The number of nitrogens with zero attached hydrogens (tertiary/aromatic N) is 3. The normalized spacial score (nSPS) is 15.8. The van der Waals surface area contributed by atoms with Gasteiger partial charge in [0.1, 0.15) is 5.60 Å². The van der Waals surface area contributed by atoms with Gasteiger partial charge in [-0.05, 0) is 26.8 Å². The van der Waals surface area contributed by atoms with Crippen molar-refractivity contribution in [3.8, 4) is 0 Å². The summed E-state index contributed by atoms with van der Waals surface area (Å²) in [5.41, 5.74) is 2.32. The molecule has 0 aliphatic carbocycles. The molecule has 0 atom stereocenters. The smallest absolute Gasteiger partial charge is 0.424 e. The fraction of sp³-hybridized carbons (Fsp3) is 0.533. The highest BCUT2D eigenvalue weighted by Crippen LogP contribution is 2.24. The average Bonchev–Trinajstić information content (AvgIpc) is 2.71. The van der Waals surface area contributed by atoms with E-state index in [-0.39, 0.29) is 11.4 Å². The van der Waals surface area contributed by atoms with Crippen LogP contribution in [0.5, 0.6) is 0 Å². The van der Waals surface area contributed by atoms with Crippen molar-refractivity contribution < 1.29 is 18.8 Å². The molecule has 1 fully saturated rings. The summed E-state index contributed by atoms with van der Waals surface area (Å²) < 4.78 is 19.4. The van der Waals surface area contributed by atoms with Crippen LogP contribution in [0.25, 0.3) is 0 Å². The Hall–Kier alpha value is -2.42. The molecule has 1 saturated heterocycles. The average molecular weight is 340 g/mol. The lowest BCUT2D eigenvalue weighted by molar-refractivity contribution is -0.385. The number of carbonyl (C=O) groups is 1. The lowest BCUT2D eigenvalue weighted by atomic mass is 10.2.